The molecule has 2 atom stereocenters. The summed E-state index contributed by atoms with van der Waals surface area (Å²) in [4.78, 5) is 23.7. The van der Waals surface area contributed by atoms with Crippen LogP contribution in [0.3, 0.4) is 0 Å². The Morgan fingerprint density at radius 3 is 2.31 bits per heavy atom. The average molecular weight is 397 g/mol. The van der Waals surface area contributed by atoms with Crippen molar-refractivity contribution in [1.82, 2.24) is 5.32 Å². The molecule has 6 rings (SSSR count). The summed E-state index contributed by atoms with van der Waals surface area (Å²) in [5.41, 5.74) is 1.67. The molecule has 4 bridgehead atoms. The van der Waals surface area contributed by atoms with Crippen LogP contribution in [0.15, 0.2) is 24.3 Å². The van der Waals surface area contributed by atoms with Gasteiger partial charge in [-0.25, -0.2) is 0 Å². The molecule has 0 aromatic heterocycles. The molecule has 0 saturated heterocycles. The Labute approximate surface area is 172 Å². The van der Waals surface area contributed by atoms with Crippen LogP contribution in [-0.4, -0.2) is 16.9 Å². The van der Waals surface area contributed by atoms with Crippen molar-refractivity contribution < 1.29 is 9.72 Å². The number of nitrogens with zero attached hydrogens (tertiary/aromatic N) is 1. The molecule has 1 N–H and O–H groups in total. The summed E-state index contributed by atoms with van der Waals surface area (Å²) >= 11 is 0. The summed E-state index contributed by atoms with van der Waals surface area (Å²) in [7, 11) is 0. The highest BCUT2D eigenvalue weighted by atomic mass is 16.6. The zero-order chi connectivity index (χ0) is 20.1. The molecule has 5 nitrogen and oxygen atoms in total. The number of benzene rings is 1. The van der Waals surface area contributed by atoms with Crippen LogP contribution in [0.4, 0.5) is 5.69 Å². The number of hydrogen-bond acceptors (Lipinski definition) is 3. The molecule has 0 spiro atoms. The predicted molar refractivity (Wildman–Crippen MR) is 112 cm³/mol. The molecule has 156 valence electrons. The van der Waals surface area contributed by atoms with E-state index in [9.17, 15) is 14.9 Å². The molecule has 5 saturated carbocycles. The Kier molecular flexibility index (Phi) is 4.67. The second kappa shape index (κ2) is 7.10. The van der Waals surface area contributed by atoms with E-state index in [0.29, 0.717) is 24.3 Å². The van der Waals surface area contributed by atoms with Crippen molar-refractivity contribution >= 4 is 11.6 Å². The molecular weight excluding hydrogens is 364 g/mol. The number of amides is 1. The summed E-state index contributed by atoms with van der Waals surface area (Å²) in [6.45, 7) is 0. The minimum atomic E-state index is -0.319. The van der Waals surface area contributed by atoms with Crippen molar-refractivity contribution in [2.24, 2.45) is 17.3 Å². The summed E-state index contributed by atoms with van der Waals surface area (Å²) in [6.07, 6.45) is 13.9. The monoisotopic (exact) mass is 396 g/mol. The molecule has 2 unspecified atom stereocenters. The van der Waals surface area contributed by atoms with Crippen LogP contribution in [0.5, 0.6) is 0 Å². The van der Waals surface area contributed by atoms with Crippen molar-refractivity contribution in [2.75, 3.05) is 0 Å². The van der Waals surface area contributed by atoms with E-state index >= 15 is 0 Å². The first kappa shape index (κ1) is 19.1. The highest BCUT2D eigenvalue weighted by Crippen LogP contribution is 2.66. The lowest BCUT2D eigenvalue weighted by Crippen LogP contribution is -2.55. The van der Waals surface area contributed by atoms with Crippen LogP contribution < -0.4 is 5.32 Å². The van der Waals surface area contributed by atoms with Gasteiger partial charge in [0.05, 0.1) is 4.92 Å². The first-order valence-corrected chi connectivity index (χ1v) is 11.5. The molecule has 0 aliphatic heterocycles. The van der Waals surface area contributed by atoms with E-state index in [2.05, 4.69) is 5.32 Å². The van der Waals surface area contributed by atoms with Gasteiger partial charge in [0.1, 0.15) is 0 Å². The lowest BCUT2D eigenvalue weighted by Gasteiger charge is -2.62. The first-order chi connectivity index (χ1) is 14.0. The van der Waals surface area contributed by atoms with Gasteiger partial charge in [0, 0.05) is 24.6 Å². The molecule has 1 aromatic carbocycles. The van der Waals surface area contributed by atoms with Gasteiger partial charge in [-0.3, -0.25) is 14.9 Å². The third-order valence-corrected chi connectivity index (χ3v) is 8.38. The van der Waals surface area contributed by atoms with Crippen molar-refractivity contribution in [1.29, 1.82) is 0 Å². The van der Waals surface area contributed by atoms with Gasteiger partial charge in [-0.2, -0.15) is 0 Å². The lowest BCUT2D eigenvalue weighted by molar-refractivity contribution is -0.384. The molecule has 5 aliphatic rings. The Hall–Kier alpha value is -1.91. The molecule has 1 amide bonds. The summed E-state index contributed by atoms with van der Waals surface area (Å²) in [6, 6.07) is 7.68. The van der Waals surface area contributed by atoms with Gasteiger partial charge >= 0.3 is 0 Å². The maximum Gasteiger partial charge on any atom is 0.269 e. The van der Waals surface area contributed by atoms with Crippen molar-refractivity contribution in [3.05, 3.63) is 39.9 Å². The van der Waals surface area contributed by atoms with Crippen molar-refractivity contribution in [3.8, 4) is 0 Å². The van der Waals surface area contributed by atoms with Crippen LogP contribution in [0, 0.1) is 27.4 Å². The zero-order valence-electron chi connectivity index (χ0n) is 17.2. The molecule has 1 aromatic rings. The fraction of sp³-hybridized carbons (Fsp3) is 0.708. The van der Waals surface area contributed by atoms with Gasteiger partial charge in [0.2, 0.25) is 5.91 Å². The third kappa shape index (κ3) is 3.57. The number of nitrogens with one attached hydrogen (secondary N) is 1. The van der Waals surface area contributed by atoms with Gasteiger partial charge in [-0.05, 0) is 79.6 Å². The maximum atomic E-state index is 13.0. The maximum absolute atomic E-state index is 13.0. The van der Waals surface area contributed by atoms with Crippen molar-refractivity contribution in [3.63, 3.8) is 0 Å². The molecule has 5 fully saturated rings. The zero-order valence-corrected chi connectivity index (χ0v) is 17.2. The second-order valence-electron chi connectivity index (χ2n) is 10.6. The van der Waals surface area contributed by atoms with Crippen LogP contribution >= 0.6 is 0 Å². The van der Waals surface area contributed by atoms with Crippen LogP contribution in [-0.2, 0) is 10.2 Å². The van der Waals surface area contributed by atoms with Gasteiger partial charge in [-0.1, -0.05) is 31.4 Å². The quantitative estimate of drug-likeness (QED) is 0.544. The normalized spacial score (nSPS) is 36.1. The minimum absolute atomic E-state index is 0.115. The van der Waals surface area contributed by atoms with E-state index in [1.54, 1.807) is 12.1 Å². The van der Waals surface area contributed by atoms with Gasteiger partial charge in [0.15, 0.2) is 0 Å². The Morgan fingerprint density at radius 1 is 1.03 bits per heavy atom. The predicted octanol–water partition coefficient (Wildman–Crippen LogP) is 5.27. The highest BCUT2D eigenvalue weighted by molar-refractivity contribution is 5.77. The molecule has 5 aliphatic carbocycles. The van der Waals surface area contributed by atoms with Gasteiger partial charge in [-0.15, -0.1) is 0 Å². The number of nitro benzene ring substituents is 1. The highest BCUT2D eigenvalue weighted by Gasteiger charge is 2.58. The molecule has 0 radical (unpaired) electrons. The summed E-state index contributed by atoms with van der Waals surface area (Å²) in [5, 5.41) is 14.4. The van der Waals surface area contributed by atoms with E-state index in [-0.39, 0.29) is 27.3 Å². The fourth-order valence-electron chi connectivity index (χ4n) is 7.80. The first-order valence-electron chi connectivity index (χ1n) is 11.5. The van der Waals surface area contributed by atoms with Crippen LogP contribution in [0.1, 0.15) is 82.6 Å². The SMILES string of the molecule is O=C(CC12CC3CC(C1)CC(c1ccc([N+](=O)[O-])cc1)(C3)C2)NC1CCCCC1. The average Bonchev–Trinajstić information content (AvgIpc) is 2.67. The largest absolute Gasteiger partial charge is 0.353 e. The van der Waals surface area contributed by atoms with Crippen molar-refractivity contribution in [2.45, 2.75) is 88.5 Å². The number of rotatable bonds is 5. The van der Waals surface area contributed by atoms with Crippen LogP contribution in [0.2, 0.25) is 0 Å². The minimum Gasteiger partial charge on any atom is -0.353 e. The standard InChI is InChI=1S/C24H32N2O3/c27-22(25-20-4-2-1-3-5-20)15-23-11-17-10-18(12-23)14-24(13-17,16-23)19-6-8-21(9-7-19)26(28)29/h6-9,17-18,20H,1-5,10-16H2,(H,25,27). The number of carbonyl (C=O) groups is 1. The molecule has 5 heteroatoms. The van der Waals surface area contributed by atoms with E-state index in [1.165, 1.54) is 56.9 Å². The van der Waals surface area contributed by atoms with E-state index in [4.69, 9.17) is 0 Å². The third-order valence-electron chi connectivity index (χ3n) is 8.38. The summed E-state index contributed by atoms with van der Waals surface area (Å²) in [5.74, 6) is 1.67. The molecule has 29 heavy (non-hydrogen) atoms. The topological polar surface area (TPSA) is 72.2 Å². The van der Waals surface area contributed by atoms with Gasteiger partial charge in [0.25, 0.3) is 5.69 Å². The lowest BCUT2D eigenvalue weighted by atomic mass is 9.42. The van der Waals surface area contributed by atoms with Gasteiger partial charge < -0.3 is 5.32 Å². The fourth-order valence-corrected chi connectivity index (χ4v) is 7.80. The summed E-state index contributed by atoms with van der Waals surface area (Å²) < 4.78 is 0. The van der Waals surface area contributed by atoms with E-state index < -0.39 is 0 Å². The molecular formula is C24H32N2O3. The smallest absolute Gasteiger partial charge is 0.269 e. The van der Waals surface area contributed by atoms with Crippen LogP contribution in [0.25, 0.3) is 0 Å². The molecule has 0 heterocycles. The number of nitro groups is 1. The van der Waals surface area contributed by atoms with E-state index in [1.807, 2.05) is 12.1 Å². The van der Waals surface area contributed by atoms with E-state index in [0.717, 1.165) is 19.3 Å². The number of hydrogen-bond donors (Lipinski definition) is 1. The second-order valence-corrected chi connectivity index (χ2v) is 10.6. The Morgan fingerprint density at radius 2 is 1.69 bits per heavy atom. The number of carbonyl (C=O) groups excluding carboxylic acids is 1. The number of non-ortho nitro benzene ring substituents is 1. The Bertz CT molecular complexity index is 783. The Balaban J connectivity index is 1.35.